The van der Waals surface area contributed by atoms with Crippen LogP contribution >= 0.6 is 0 Å². The first-order valence-corrected chi connectivity index (χ1v) is 10.9. The van der Waals surface area contributed by atoms with Gasteiger partial charge in [0.1, 0.15) is 12.4 Å². The standard InChI is InChI=1S/C28H25N3O3/c1-19-10-13-24(16-20(19)2)30-27(32)28(33)31-29-17-21-11-14-25(15-12-21)34-18-23-8-5-7-22-6-3-4-9-26(22)23/h3-17H,18H2,1-2H3,(H,30,32)(H,31,33)/b29-17+. The van der Waals surface area contributed by atoms with Crippen molar-refractivity contribution in [1.29, 1.82) is 0 Å². The zero-order valence-electron chi connectivity index (χ0n) is 19.0. The third kappa shape index (κ3) is 5.66. The Kier molecular flexibility index (Phi) is 6.98. The number of fused-ring (bicyclic) bond motifs is 1. The van der Waals surface area contributed by atoms with E-state index in [9.17, 15) is 9.59 Å². The van der Waals surface area contributed by atoms with Gasteiger partial charge in [-0.25, -0.2) is 5.43 Å². The fourth-order valence-corrected chi connectivity index (χ4v) is 3.45. The van der Waals surface area contributed by atoms with Crippen LogP contribution in [-0.2, 0) is 16.2 Å². The van der Waals surface area contributed by atoms with Crippen molar-refractivity contribution in [2.75, 3.05) is 5.32 Å². The molecule has 2 N–H and O–H groups in total. The molecule has 0 aliphatic rings. The molecule has 6 heteroatoms. The van der Waals surface area contributed by atoms with E-state index in [1.165, 1.54) is 17.0 Å². The average molecular weight is 452 g/mol. The number of amides is 2. The summed E-state index contributed by atoms with van der Waals surface area (Å²) in [6.07, 6.45) is 1.47. The van der Waals surface area contributed by atoms with Crippen molar-refractivity contribution in [2.45, 2.75) is 20.5 Å². The Bertz CT molecular complexity index is 1360. The van der Waals surface area contributed by atoms with Crippen molar-refractivity contribution < 1.29 is 14.3 Å². The lowest BCUT2D eigenvalue weighted by molar-refractivity contribution is -0.136. The molecule has 0 aliphatic heterocycles. The molecule has 0 unspecified atom stereocenters. The molecule has 0 bridgehead atoms. The van der Waals surface area contributed by atoms with Crippen LogP contribution in [0.25, 0.3) is 10.8 Å². The molecule has 4 rings (SSSR count). The molecule has 0 atom stereocenters. The van der Waals surface area contributed by atoms with Crippen LogP contribution in [0, 0.1) is 13.8 Å². The van der Waals surface area contributed by atoms with Crippen LogP contribution in [0.3, 0.4) is 0 Å². The molecule has 0 fully saturated rings. The number of benzene rings is 4. The molecule has 0 heterocycles. The Hall–Kier alpha value is -4.45. The fraction of sp³-hybridized carbons (Fsp3) is 0.107. The summed E-state index contributed by atoms with van der Waals surface area (Å²) in [5, 5.41) is 8.78. The number of rotatable bonds is 6. The van der Waals surface area contributed by atoms with E-state index in [-0.39, 0.29) is 0 Å². The second-order valence-corrected chi connectivity index (χ2v) is 7.95. The van der Waals surface area contributed by atoms with Crippen LogP contribution in [-0.4, -0.2) is 18.0 Å². The van der Waals surface area contributed by atoms with E-state index >= 15 is 0 Å². The van der Waals surface area contributed by atoms with Gasteiger partial charge in [-0.2, -0.15) is 5.10 Å². The Morgan fingerprint density at radius 3 is 2.41 bits per heavy atom. The summed E-state index contributed by atoms with van der Waals surface area (Å²) >= 11 is 0. The average Bonchev–Trinajstić information content (AvgIpc) is 2.85. The number of carbonyl (C=O) groups is 2. The van der Waals surface area contributed by atoms with E-state index in [2.05, 4.69) is 40.1 Å². The SMILES string of the molecule is Cc1ccc(NC(=O)C(=O)N/N=C/c2ccc(OCc3cccc4ccccc34)cc2)cc1C. The Morgan fingerprint density at radius 2 is 1.62 bits per heavy atom. The lowest BCUT2D eigenvalue weighted by Gasteiger charge is -2.09. The largest absolute Gasteiger partial charge is 0.489 e. The zero-order chi connectivity index (χ0) is 23.9. The first-order valence-electron chi connectivity index (χ1n) is 10.9. The molecule has 6 nitrogen and oxygen atoms in total. The van der Waals surface area contributed by atoms with E-state index in [0.29, 0.717) is 12.3 Å². The molecule has 0 radical (unpaired) electrons. The van der Waals surface area contributed by atoms with Gasteiger partial charge < -0.3 is 10.1 Å². The maximum absolute atomic E-state index is 12.1. The molecule has 4 aromatic carbocycles. The van der Waals surface area contributed by atoms with Crippen LogP contribution in [0.1, 0.15) is 22.3 Å². The lowest BCUT2D eigenvalue weighted by atomic mass is 10.1. The number of nitrogens with zero attached hydrogens (tertiary/aromatic N) is 1. The highest BCUT2D eigenvalue weighted by atomic mass is 16.5. The minimum atomic E-state index is -0.843. The van der Waals surface area contributed by atoms with Gasteiger partial charge in [-0.05, 0) is 83.3 Å². The molecule has 0 aliphatic carbocycles. The summed E-state index contributed by atoms with van der Waals surface area (Å²) in [6.45, 7) is 4.38. The monoisotopic (exact) mass is 451 g/mol. The number of hydrogen-bond donors (Lipinski definition) is 2. The summed E-state index contributed by atoms with van der Waals surface area (Å²) in [4.78, 5) is 24.1. The third-order valence-corrected chi connectivity index (χ3v) is 5.51. The quantitative estimate of drug-likeness (QED) is 0.242. The van der Waals surface area contributed by atoms with Crippen molar-refractivity contribution in [3.05, 3.63) is 107 Å². The van der Waals surface area contributed by atoms with E-state index in [1.54, 1.807) is 6.07 Å². The fourth-order valence-electron chi connectivity index (χ4n) is 3.45. The van der Waals surface area contributed by atoms with Crippen molar-refractivity contribution in [3.63, 3.8) is 0 Å². The number of anilines is 1. The Labute approximate surface area is 198 Å². The van der Waals surface area contributed by atoms with Crippen molar-refractivity contribution in [1.82, 2.24) is 5.43 Å². The Balaban J connectivity index is 1.29. The van der Waals surface area contributed by atoms with Gasteiger partial charge in [0, 0.05) is 5.69 Å². The minimum absolute atomic E-state index is 0.459. The molecule has 170 valence electrons. The van der Waals surface area contributed by atoms with Gasteiger partial charge in [0.15, 0.2) is 0 Å². The second-order valence-electron chi connectivity index (χ2n) is 7.95. The maximum atomic E-state index is 12.1. The van der Waals surface area contributed by atoms with Gasteiger partial charge in [-0.1, -0.05) is 48.5 Å². The molecule has 0 saturated carbocycles. The van der Waals surface area contributed by atoms with Crippen molar-refractivity contribution in [2.24, 2.45) is 5.10 Å². The first-order chi connectivity index (χ1) is 16.5. The third-order valence-electron chi connectivity index (χ3n) is 5.51. The van der Waals surface area contributed by atoms with Crippen LogP contribution in [0.15, 0.2) is 90.0 Å². The highest BCUT2D eigenvalue weighted by Gasteiger charge is 2.13. The van der Waals surface area contributed by atoms with E-state index in [4.69, 9.17) is 4.74 Å². The van der Waals surface area contributed by atoms with Crippen molar-refractivity contribution in [3.8, 4) is 5.75 Å². The number of ether oxygens (including phenoxy) is 1. The van der Waals surface area contributed by atoms with E-state index in [1.807, 2.05) is 68.4 Å². The Morgan fingerprint density at radius 1 is 0.853 bits per heavy atom. The zero-order valence-corrected chi connectivity index (χ0v) is 19.0. The molecule has 0 saturated heterocycles. The van der Waals surface area contributed by atoms with Crippen LogP contribution in [0.4, 0.5) is 5.69 Å². The number of aryl methyl sites for hydroxylation is 2. The second kappa shape index (κ2) is 10.4. The summed E-state index contributed by atoms with van der Waals surface area (Å²) in [5.74, 6) is -0.899. The highest BCUT2D eigenvalue weighted by molar-refractivity contribution is 6.39. The van der Waals surface area contributed by atoms with Gasteiger partial charge in [-0.3, -0.25) is 9.59 Å². The summed E-state index contributed by atoms with van der Waals surface area (Å²) in [5.41, 5.74) is 6.81. The molecule has 0 aromatic heterocycles. The summed E-state index contributed by atoms with van der Waals surface area (Å²) in [7, 11) is 0. The molecule has 4 aromatic rings. The smallest absolute Gasteiger partial charge is 0.329 e. The van der Waals surface area contributed by atoms with Gasteiger partial charge in [0.25, 0.3) is 0 Å². The van der Waals surface area contributed by atoms with Gasteiger partial charge in [-0.15, -0.1) is 0 Å². The van der Waals surface area contributed by atoms with Crippen LogP contribution in [0.2, 0.25) is 0 Å². The normalized spacial score (nSPS) is 10.9. The highest BCUT2D eigenvalue weighted by Crippen LogP contribution is 2.21. The van der Waals surface area contributed by atoms with Crippen LogP contribution < -0.4 is 15.5 Å². The molecule has 0 spiro atoms. The van der Waals surface area contributed by atoms with Gasteiger partial charge in [0.2, 0.25) is 0 Å². The molecular formula is C28H25N3O3. The minimum Gasteiger partial charge on any atom is -0.489 e. The van der Waals surface area contributed by atoms with Crippen molar-refractivity contribution >= 4 is 34.5 Å². The number of nitrogens with one attached hydrogen (secondary N) is 2. The van der Waals surface area contributed by atoms with E-state index < -0.39 is 11.8 Å². The first kappa shape index (κ1) is 22.7. The molecular weight excluding hydrogens is 426 g/mol. The predicted molar refractivity (Wildman–Crippen MR) is 135 cm³/mol. The molecule has 2 amide bonds. The van der Waals surface area contributed by atoms with Crippen LogP contribution in [0.5, 0.6) is 5.75 Å². The molecule has 34 heavy (non-hydrogen) atoms. The van der Waals surface area contributed by atoms with E-state index in [0.717, 1.165) is 28.0 Å². The van der Waals surface area contributed by atoms with Gasteiger partial charge in [0.05, 0.1) is 6.21 Å². The number of hydrazone groups is 1. The predicted octanol–water partition coefficient (Wildman–Crippen LogP) is 5.12. The summed E-state index contributed by atoms with van der Waals surface area (Å²) < 4.78 is 5.93. The van der Waals surface area contributed by atoms with Gasteiger partial charge >= 0.3 is 11.8 Å². The maximum Gasteiger partial charge on any atom is 0.329 e. The number of hydrogen-bond acceptors (Lipinski definition) is 4. The lowest BCUT2D eigenvalue weighted by Crippen LogP contribution is -2.32. The topological polar surface area (TPSA) is 79.8 Å². The number of carbonyl (C=O) groups excluding carboxylic acids is 2. The summed E-state index contributed by atoms with van der Waals surface area (Å²) in [6, 6.07) is 27.1.